The van der Waals surface area contributed by atoms with Crippen molar-refractivity contribution in [3.8, 4) is 5.69 Å². The molecule has 0 aliphatic rings. The van der Waals surface area contributed by atoms with Crippen LogP contribution in [-0.2, 0) is 0 Å². The van der Waals surface area contributed by atoms with Crippen molar-refractivity contribution in [1.29, 1.82) is 0 Å². The zero-order valence-electron chi connectivity index (χ0n) is 17.3. The van der Waals surface area contributed by atoms with Gasteiger partial charge in [0.15, 0.2) is 0 Å². The third-order valence-corrected chi connectivity index (χ3v) is 5.02. The number of rotatable bonds is 4. The van der Waals surface area contributed by atoms with Crippen molar-refractivity contribution >= 4 is 22.6 Å². The molecule has 4 rings (SSSR count). The van der Waals surface area contributed by atoms with Gasteiger partial charge in [0.25, 0.3) is 5.91 Å². The Morgan fingerprint density at radius 3 is 2.62 bits per heavy atom. The fourth-order valence-corrected chi connectivity index (χ4v) is 3.48. The first-order valence-corrected chi connectivity index (χ1v) is 9.62. The maximum Gasteiger partial charge on any atom is 0.297 e. The number of nitrogens with zero attached hydrogens (tertiary/aromatic N) is 5. The molecule has 0 unspecified atom stereocenters. The van der Waals surface area contributed by atoms with Gasteiger partial charge in [0.1, 0.15) is 11.6 Å². The minimum Gasteiger partial charge on any atom is -0.342 e. The molecule has 0 aliphatic heterocycles. The van der Waals surface area contributed by atoms with Crippen molar-refractivity contribution in [1.82, 2.24) is 24.7 Å². The number of fused-ring (bicyclic) bond motifs is 1. The van der Waals surface area contributed by atoms with Gasteiger partial charge in [0.2, 0.25) is 5.82 Å². The van der Waals surface area contributed by atoms with E-state index >= 15 is 0 Å². The predicted octanol–water partition coefficient (Wildman–Crippen LogP) is 4.16. The van der Waals surface area contributed by atoms with Crippen LogP contribution >= 0.6 is 0 Å². The molecular formula is C22H24N6O. The fourth-order valence-electron chi connectivity index (χ4n) is 3.48. The van der Waals surface area contributed by atoms with Gasteiger partial charge in [-0.15, -0.1) is 5.10 Å². The SMILES string of the molecule is Cc1nc2ccc(N(C)C(=O)c3nc(C)n(-c4ccccc4C(C)C)n3)cc2[nH]1. The molecule has 2 aromatic heterocycles. The number of hydrogen-bond donors (Lipinski definition) is 1. The first-order chi connectivity index (χ1) is 13.8. The van der Waals surface area contributed by atoms with E-state index in [9.17, 15) is 4.79 Å². The lowest BCUT2D eigenvalue weighted by atomic mass is 10.0. The Balaban J connectivity index is 1.68. The number of anilines is 1. The molecule has 1 amide bonds. The third kappa shape index (κ3) is 3.40. The van der Waals surface area contributed by atoms with E-state index in [4.69, 9.17) is 0 Å². The Morgan fingerprint density at radius 1 is 1.10 bits per heavy atom. The van der Waals surface area contributed by atoms with Crippen LogP contribution in [0, 0.1) is 13.8 Å². The Bertz CT molecular complexity index is 1200. The number of hydrogen-bond acceptors (Lipinski definition) is 4. The number of carbonyl (C=O) groups is 1. The molecule has 0 saturated heterocycles. The van der Waals surface area contributed by atoms with Gasteiger partial charge in [-0.1, -0.05) is 32.0 Å². The van der Waals surface area contributed by atoms with Gasteiger partial charge in [-0.05, 0) is 49.6 Å². The second-order valence-electron chi connectivity index (χ2n) is 7.50. The number of carbonyl (C=O) groups excluding carboxylic acids is 1. The van der Waals surface area contributed by atoms with Crippen LogP contribution in [-0.4, -0.2) is 37.7 Å². The van der Waals surface area contributed by atoms with E-state index < -0.39 is 0 Å². The molecule has 1 N–H and O–H groups in total. The van der Waals surface area contributed by atoms with Crippen LogP contribution in [0.15, 0.2) is 42.5 Å². The molecule has 0 saturated carbocycles. The average molecular weight is 388 g/mol. The summed E-state index contributed by atoms with van der Waals surface area (Å²) in [5, 5.41) is 4.53. The minimum absolute atomic E-state index is 0.171. The van der Waals surface area contributed by atoms with Crippen molar-refractivity contribution < 1.29 is 4.79 Å². The van der Waals surface area contributed by atoms with Gasteiger partial charge in [0.05, 0.1) is 16.7 Å². The summed E-state index contributed by atoms with van der Waals surface area (Å²) in [6.07, 6.45) is 0. The second kappa shape index (κ2) is 7.16. The van der Waals surface area contributed by atoms with Gasteiger partial charge in [0, 0.05) is 12.7 Å². The monoisotopic (exact) mass is 388 g/mol. The number of amides is 1. The van der Waals surface area contributed by atoms with Crippen LogP contribution in [0.2, 0.25) is 0 Å². The van der Waals surface area contributed by atoms with Crippen LogP contribution in [0.4, 0.5) is 5.69 Å². The largest absolute Gasteiger partial charge is 0.342 e. The van der Waals surface area contributed by atoms with Gasteiger partial charge < -0.3 is 9.88 Å². The number of benzene rings is 2. The van der Waals surface area contributed by atoms with E-state index in [0.29, 0.717) is 11.7 Å². The van der Waals surface area contributed by atoms with Crippen molar-refractivity contribution in [2.24, 2.45) is 0 Å². The van der Waals surface area contributed by atoms with Crippen molar-refractivity contribution in [2.75, 3.05) is 11.9 Å². The number of imidazole rings is 1. The summed E-state index contributed by atoms with van der Waals surface area (Å²) >= 11 is 0. The standard InChI is InChI=1S/C22H24N6O/c1-13(2)17-8-6-7-9-20(17)28-15(4)25-21(26-28)22(29)27(5)16-10-11-18-19(12-16)24-14(3)23-18/h6-13H,1-5H3,(H,23,24). The molecule has 0 spiro atoms. The summed E-state index contributed by atoms with van der Waals surface area (Å²) in [6, 6.07) is 13.7. The summed E-state index contributed by atoms with van der Waals surface area (Å²) in [5.74, 6) is 1.76. The highest BCUT2D eigenvalue weighted by Crippen LogP contribution is 2.24. The van der Waals surface area contributed by atoms with E-state index in [1.54, 1.807) is 16.6 Å². The van der Waals surface area contributed by atoms with Gasteiger partial charge in [-0.25, -0.2) is 14.6 Å². The molecule has 0 bridgehead atoms. The van der Waals surface area contributed by atoms with Crippen molar-refractivity contribution in [2.45, 2.75) is 33.6 Å². The number of H-pyrrole nitrogens is 1. The second-order valence-corrected chi connectivity index (χ2v) is 7.50. The van der Waals surface area contributed by atoms with Crippen LogP contribution in [0.25, 0.3) is 16.7 Å². The number of para-hydroxylation sites is 1. The predicted molar refractivity (Wildman–Crippen MR) is 114 cm³/mol. The van der Waals surface area contributed by atoms with E-state index in [-0.39, 0.29) is 11.7 Å². The lowest BCUT2D eigenvalue weighted by Crippen LogP contribution is -2.27. The maximum absolute atomic E-state index is 13.1. The number of nitrogens with one attached hydrogen (secondary N) is 1. The van der Waals surface area contributed by atoms with Crippen LogP contribution in [0.5, 0.6) is 0 Å². The van der Waals surface area contributed by atoms with Crippen LogP contribution in [0.1, 0.15) is 47.6 Å². The van der Waals surface area contributed by atoms with Gasteiger partial charge in [-0.2, -0.15) is 0 Å². The van der Waals surface area contributed by atoms with Crippen LogP contribution < -0.4 is 4.90 Å². The highest BCUT2D eigenvalue weighted by molar-refractivity contribution is 6.04. The summed E-state index contributed by atoms with van der Waals surface area (Å²) in [6.45, 7) is 8.04. The molecule has 7 heteroatoms. The molecule has 4 aromatic rings. The molecule has 2 aromatic carbocycles. The summed E-state index contributed by atoms with van der Waals surface area (Å²) in [7, 11) is 1.73. The Hall–Kier alpha value is -3.48. The van der Waals surface area contributed by atoms with Crippen LogP contribution in [0.3, 0.4) is 0 Å². The highest BCUT2D eigenvalue weighted by atomic mass is 16.2. The first-order valence-electron chi connectivity index (χ1n) is 9.62. The summed E-state index contributed by atoms with van der Waals surface area (Å²) < 4.78 is 1.75. The molecule has 29 heavy (non-hydrogen) atoms. The molecule has 0 fully saturated rings. The summed E-state index contributed by atoms with van der Waals surface area (Å²) in [4.78, 5) is 26.7. The van der Waals surface area contributed by atoms with E-state index in [1.165, 1.54) is 0 Å². The normalized spacial score (nSPS) is 11.4. The van der Waals surface area contributed by atoms with Gasteiger partial charge in [-0.3, -0.25) is 4.79 Å². The third-order valence-electron chi connectivity index (χ3n) is 5.02. The zero-order valence-corrected chi connectivity index (χ0v) is 17.3. The van der Waals surface area contributed by atoms with Crippen molar-refractivity contribution in [3.05, 3.63) is 65.5 Å². The average Bonchev–Trinajstić information content (AvgIpc) is 3.27. The molecule has 0 aliphatic carbocycles. The summed E-state index contributed by atoms with van der Waals surface area (Å²) in [5.41, 5.74) is 4.62. The van der Waals surface area contributed by atoms with E-state index in [2.05, 4.69) is 40.0 Å². The Kier molecular flexibility index (Phi) is 4.66. The maximum atomic E-state index is 13.1. The van der Waals surface area contributed by atoms with E-state index in [0.717, 1.165) is 33.8 Å². The first kappa shape index (κ1) is 18.9. The molecule has 0 radical (unpaired) electrons. The lowest BCUT2D eigenvalue weighted by molar-refractivity contribution is 0.0983. The smallest absolute Gasteiger partial charge is 0.297 e. The molecular weight excluding hydrogens is 364 g/mol. The molecule has 2 heterocycles. The topological polar surface area (TPSA) is 79.7 Å². The number of aromatic amines is 1. The quantitative estimate of drug-likeness (QED) is 0.569. The lowest BCUT2D eigenvalue weighted by Gasteiger charge is -2.15. The van der Waals surface area contributed by atoms with E-state index in [1.807, 2.05) is 50.2 Å². The highest BCUT2D eigenvalue weighted by Gasteiger charge is 2.22. The zero-order chi connectivity index (χ0) is 20.7. The van der Waals surface area contributed by atoms with Gasteiger partial charge >= 0.3 is 0 Å². The number of aryl methyl sites for hydroxylation is 2. The number of aromatic nitrogens is 5. The molecule has 148 valence electrons. The Morgan fingerprint density at radius 2 is 1.86 bits per heavy atom. The molecule has 7 nitrogen and oxygen atoms in total. The fraction of sp³-hybridized carbons (Fsp3) is 0.273. The minimum atomic E-state index is -0.260. The Labute approximate surface area is 169 Å². The molecule has 0 atom stereocenters. The van der Waals surface area contributed by atoms with Crippen molar-refractivity contribution in [3.63, 3.8) is 0 Å².